The van der Waals surface area contributed by atoms with Crippen molar-refractivity contribution in [3.05, 3.63) is 87.9 Å². The molecule has 2 aliphatic heterocycles. The van der Waals surface area contributed by atoms with Crippen LogP contribution < -0.4 is 15.0 Å². The van der Waals surface area contributed by atoms with Gasteiger partial charge in [-0.25, -0.2) is 0 Å². The van der Waals surface area contributed by atoms with Gasteiger partial charge in [-0.3, -0.25) is 9.59 Å². The van der Waals surface area contributed by atoms with Gasteiger partial charge in [0.25, 0.3) is 11.8 Å². The maximum atomic E-state index is 14.3. The predicted molar refractivity (Wildman–Crippen MR) is 164 cm³/mol. The summed E-state index contributed by atoms with van der Waals surface area (Å²) in [4.78, 5) is 40.0. The highest BCUT2D eigenvalue weighted by molar-refractivity contribution is 9.10. The fraction of sp³-hybridized carbons (Fsp3) is 0.355. The summed E-state index contributed by atoms with van der Waals surface area (Å²) in [6.07, 6.45) is -0.0698. The number of carbonyl (C=O) groups is 2. The van der Waals surface area contributed by atoms with Crippen molar-refractivity contribution in [3.8, 4) is 5.75 Å². The molecule has 0 radical (unpaired) electrons. The molecule has 0 unspecified atom stereocenters. The van der Waals surface area contributed by atoms with Crippen molar-refractivity contribution in [3.63, 3.8) is 0 Å². The summed E-state index contributed by atoms with van der Waals surface area (Å²) in [5.74, 6) is -0.00571. The number of hydrogen-bond acceptors (Lipinski definition) is 6. The summed E-state index contributed by atoms with van der Waals surface area (Å²) < 4.78 is 12.6. The quantitative estimate of drug-likeness (QED) is 0.284. The Morgan fingerprint density at radius 2 is 1.80 bits per heavy atom. The number of nitrogens with zero attached hydrogens (tertiary/aromatic N) is 1. The molecule has 1 spiro atoms. The van der Waals surface area contributed by atoms with Gasteiger partial charge < -0.3 is 29.6 Å². The molecular weight excluding hydrogens is 604 g/mol. The molecule has 2 aliphatic rings. The van der Waals surface area contributed by atoms with Crippen molar-refractivity contribution in [1.82, 2.24) is 0 Å². The molecule has 5 rings (SSSR count). The van der Waals surface area contributed by atoms with E-state index in [1.54, 1.807) is 36.3 Å². The number of halogens is 1. The smallest absolute Gasteiger partial charge is 0.264 e. The molecule has 3 aromatic rings. The summed E-state index contributed by atoms with van der Waals surface area (Å²) in [6.45, 7) is 5.95. The van der Waals surface area contributed by atoms with E-state index in [4.69, 9.17) is 9.47 Å². The summed E-state index contributed by atoms with van der Waals surface area (Å²) >= 11 is 3.57. The van der Waals surface area contributed by atoms with Gasteiger partial charge in [0.2, 0.25) is 0 Å². The Hall–Kier alpha value is -3.02. The van der Waals surface area contributed by atoms with Crippen LogP contribution in [0.5, 0.6) is 5.75 Å². The topological polar surface area (TPSA) is 108 Å². The lowest BCUT2D eigenvalue weighted by Gasteiger charge is -2.32. The zero-order valence-electron chi connectivity index (χ0n) is 23.6. The van der Waals surface area contributed by atoms with E-state index in [0.717, 1.165) is 21.3 Å². The zero-order chi connectivity index (χ0) is 29.5. The van der Waals surface area contributed by atoms with E-state index < -0.39 is 20.0 Å². The second-order valence-corrected chi connectivity index (χ2v) is 16.2. The van der Waals surface area contributed by atoms with Gasteiger partial charge in [0.15, 0.2) is 13.9 Å². The van der Waals surface area contributed by atoms with Crippen molar-refractivity contribution >= 4 is 47.4 Å². The second kappa shape index (κ2) is 11.3. The van der Waals surface area contributed by atoms with E-state index >= 15 is 0 Å². The molecular formula is C31H35BrN2O6Si. The average molecular weight is 640 g/mol. The molecule has 0 aromatic heterocycles. The van der Waals surface area contributed by atoms with Gasteiger partial charge in [0.05, 0.1) is 25.4 Å². The van der Waals surface area contributed by atoms with E-state index in [9.17, 15) is 19.5 Å². The standard InChI is InChI=1S/C31H35BrN2O6Si/c1-19-28(41(3,4)38)27(15-16-35)40-31(19)25-17-22(32)9-14-26(25)34(30(31)37)18-20-5-10-23(11-6-20)33-29(36)21-7-12-24(39-2)13-8-21/h5-14,17,19,27-28,35,38H,15-16,18H2,1-4H3,(H,33,36)/t19-,27+,28-,31+/m0/s1. The highest BCUT2D eigenvalue weighted by Crippen LogP contribution is 2.60. The normalized spacial score (nSPS) is 23.6. The van der Waals surface area contributed by atoms with Crippen molar-refractivity contribution in [1.29, 1.82) is 0 Å². The summed E-state index contributed by atoms with van der Waals surface area (Å²) in [5.41, 5.74) is 2.11. The number of nitrogens with one attached hydrogen (secondary N) is 1. The van der Waals surface area contributed by atoms with Crippen LogP contribution >= 0.6 is 15.9 Å². The Balaban J connectivity index is 1.40. The van der Waals surface area contributed by atoms with Crippen LogP contribution in [0.4, 0.5) is 11.4 Å². The Morgan fingerprint density at radius 3 is 2.41 bits per heavy atom. The average Bonchev–Trinajstić information content (AvgIpc) is 3.36. The monoisotopic (exact) mass is 638 g/mol. The minimum atomic E-state index is -2.75. The molecule has 0 aliphatic carbocycles. The number of amides is 2. The fourth-order valence-electron chi connectivity index (χ4n) is 6.43. The van der Waals surface area contributed by atoms with E-state index in [0.29, 0.717) is 30.0 Å². The Labute approximate surface area is 249 Å². The Kier molecular flexibility index (Phi) is 8.15. The summed E-state index contributed by atoms with van der Waals surface area (Å²) in [6, 6.07) is 20.1. The lowest BCUT2D eigenvalue weighted by molar-refractivity contribution is -0.146. The number of rotatable bonds is 8. The van der Waals surface area contributed by atoms with E-state index in [-0.39, 0.29) is 29.9 Å². The highest BCUT2D eigenvalue weighted by atomic mass is 79.9. The third kappa shape index (κ3) is 5.35. The number of aliphatic hydroxyl groups excluding tert-OH is 1. The third-order valence-electron chi connectivity index (χ3n) is 8.26. The lowest BCUT2D eigenvalue weighted by Crippen LogP contribution is -2.46. The van der Waals surface area contributed by atoms with E-state index in [1.165, 1.54) is 0 Å². The number of benzene rings is 3. The van der Waals surface area contributed by atoms with Crippen LogP contribution in [-0.4, -0.2) is 49.9 Å². The van der Waals surface area contributed by atoms with Gasteiger partial charge >= 0.3 is 0 Å². The molecule has 1 saturated heterocycles. The molecule has 216 valence electrons. The van der Waals surface area contributed by atoms with E-state index in [1.807, 2.05) is 62.5 Å². The molecule has 0 bridgehead atoms. The van der Waals surface area contributed by atoms with Crippen molar-refractivity contribution < 1.29 is 29.0 Å². The molecule has 8 nitrogen and oxygen atoms in total. The van der Waals surface area contributed by atoms with Gasteiger partial charge in [-0.15, -0.1) is 0 Å². The van der Waals surface area contributed by atoms with Crippen LogP contribution in [0.15, 0.2) is 71.2 Å². The van der Waals surface area contributed by atoms with Gasteiger partial charge in [0.1, 0.15) is 5.75 Å². The number of carbonyl (C=O) groups excluding carboxylic acids is 2. The maximum absolute atomic E-state index is 14.3. The summed E-state index contributed by atoms with van der Waals surface area (Å²) in [5, 5.41) is 12.7. The lowest BCUT2D eigenvalue weighted by atomic mass is 9.82. The van der Waals surface area contributed by atoms with Crippen LogP contribution in [0.25, 0.3) is 0 Å². The van der Waals surface area contributed by atoms with Gasteiger partial charge in [-0.05, 0) is 79.7 Å². The second-order valence-electron chi connectivity index (χ2n) is 11.3. The van der Waals surface area contributed by atoms with E-state index in [2.05, 4.69) is 21.2 Å². The fourth-order valence-corrected chi connectivity index (χ4v) is 9.39. The van der Waals surface area contributed by atoms with Crippen LogP contribution in [0.3, 0.4) is 0 Å². The van der Waals surface area contributed by atoms with Crippen molar-refractivity contribution in [2.45, 2.75) is 50.2 Å². The largest absolute Gasteiger partial charge is 0.497 e. The molecule has 3 N–H and O–H groups in total. The minimum Gasteiger partial charge on any atom is -0.497 e. The molecule has 10 heteroatoms. The first-order chi connectivity index (χ1) is 19.5. The number of hydrogen-bond donors (Lipinski definition) is 3. The highest BCUT2D eigenvalue weighted by Gasteiger charge is 2.66. The van der Waals surface area contributed by atoms with Gasteiger partial charge in [0, 0.05) is 39.4 Å². The van der Waals surface area contributed by atoms with Crippen molar-refractivity contribution in [2.75, 3.05) is 23.9 Å². The minimum absolute atomic E-state index is 0.0843. The van der Waals surface area contributed by atoms with Crippen LogP contribution in [0.1, 0.15) is 34.8 Å². The molecule has 2 heterocycles. The first-order valence-corrected chi connectivity index (χ1v) is 17.5. The van der Waals surface area contributed by atoms with Crippen LogP contribution in [0.2, 0.25) is 18.6 Å². The molecule has 0 saturated carbocycles. The molecule has 2 amide bonds. The first kappa shape index (κ1) is 29.5. The Morgan fingerprint density at radius 1 is 1.12 bits per heavy atom. The number of ether oxygens (including phenoxy) is 2. The van der Waals surface area contributed by atoms with Crippen molar-refractivity contribution in [2.24, 2.45) is 5.92 Å². The van der Waals surface area contributed by atoms with Gasteiger partial charge in [-0.2, -0.15) is 0 Å². The Bertz CT molecular complexity index is 1440. The maximum Gasteiger partial charge on any atom is 0.264 e. The SMILES string of the molecule is COc1ccc(C(=O)Nc2ccc(CN3C(=O)[C@]4(O[C@H](CCO)[C@@H]([Si](C)(C)O)[C@@H]4C)c4cc(Br)ccc43)cc2)cc1. The third-order valence-corrected chi connectivity index (χ3v) is 11.3. The van der Waals surface area contributed by atoms with Crippen LogP contribution in [0, 0.1) is 5.92 Å². The van der Waals surface area contributed by atoms with Gasteiger partial charge in [-0.1, -0.05) is 35.0 Å². The molecule has 41 heavy (non-hydrogen) atoms. The van der Waals surface area contributed by atoms with Crippen LogP contribution in [-0.2, 0) is 21.7 Å². The molecule has 4 atom stereocenters. The number of aliphatic hydroxyl groups is 1. The number of anilines is 2. The number of methoxy groups -OCH3 is 1. The number of fused-ring (bicyclic) bond motifs is 2. The molecule has 1 fully saturated rings. The summed E-state index contributed by atoms with van der Waals surface area (Å²) in [7, 11) is -1.17. The zero-order valence-corrected chi connectivity index (χ0v) is 26.1. The predicted octanol–water partition coefficient (Wildman–Crippen LogP) is 5.44. The molecule has 3 aromatic carbocycles. The first-order valence-electron chi connectivity index (χ1n) is 13.7.